The van der Waals surface area contributed by atoms with E-state index in [0.29, 0.717) is 27.6 Å². The van der Waals surface area contributed by atoms with E-state index in [0.717, 1.165) is 17.0 Å². The smallest absolute Gasteiger partial charge is 0.251 e. The molecule has 182 valence electrons. The van der Waals surface area contributed by atoms with Crippen molar-refractivity contribution < 1.29 is 14.3 Å². The third-order valence-corrected chi connectivity index (χ3v) is 5.38. The van der Waals surface area contributed by atoms with Gasteiger partial charge in [-0.3, -0.25) is 20.2 Å². The molecule has 0 unspecified atom stereocenters. The number of rotatable bonds is 10. The number of pyridine rings is 2. The van der Waals surface area contributed by atoms with Crippen molar-refractivity contribution >= 4 is 23.3 Å². The molecule has 0 radical (unpaired) electrons. The number of nitrogens with zero attached hydrogens (tertiary/aromatic N) is 2. The zero-order chi connectivity index (χ0) is 25.3. The quantitative estimate of drug-likeness (QED) is 0.217. The number of carbonyl (C=O) groups excluding carboxylic acids is 1. The molecule has 8 nitrogen and oxygen atoms in total. The van der Waals surface area contributed by atoms with E-state index in [-0.39, 0.29) is 31.5 Å². The van der Waals surface area contributed by atoms with Crippen LogP contribution in [0.2, 0.25) is 5.02 Å². The zero-order valence-electron chi connectivity index (χ0n) is 19.3. The number of halogens is 1. The lowest BCUT2D eigenvalue weighted by Gasteiger charge is -2.14. The normalized spacial score (nSPS) is 10.5. The Balaban J connectivity index is 1.45. The van der Waals surface area contributed by atoms with Crippen LogP contribution in [0.4, 0.5) is 0 Å². The molecule has 0 saturated heterocycles. The molecule has 0 saturated carbocycles. The van der Waals surface area contributed by atoms with Crippen LogP contribution in [0.1, 0.15) is 32.9 Å². The maximum absolute atomic E-state index is 12.9. The Morgan fingerprint density at radius 1 is 0.889 bits per heavy atom. The van der Waals surface area contributed by atoms with Crippen LogP contribution in [0.3, 0.4) is 0 Å². The van der Waals surface area contributed by atoms with Crippen LogP contribution in [0.15, 0.2) is 85.2 Å². The second kappa shape index (κ2) is 11.8. The minimum atomic E-state index is -0.327. The number of nitrogens with two attached hydrogens (primary N) is 1. The van der Waals surface area contributed by atoms with Gasteiger partial charge in [0.1, 0.15) is 30.5 Å². The number of aromatic nitrogens is 2. The number of amides is 1. The molecule has 1 amide bonds. The van der Waals surface area contributed by atoms with Crippen LogP contribution in [0.25, 0.3) is 0 Å². The molecule has 0 aliphatic carbocycles. The molecule has 2 aromatic heterocycles. The van der Waals surface area contributed by atoms with E-state index in [1.807, 2.05) is 36.4 Å². The number of amidine groups is 1. The van der Waals surface area contributed by atoms with Crippen molar-refractivity contribution in [3.63, 3.8) is 0 Å². The Bertz CT molecular complexity index is 1350. The second-order valence-electron chi connectivity index (χ2n) is 7.81. The van der Waals surface area contributed by atoms with Gasteiger partial charge < -0.3 is 20.5 Å². The fourth-order valence-corrected chi connectivity index (χ4v) is 3.56. The molecule has 0 fully saturated rings. The summed E-state index contributed by atoms with van der Waals surface area (Å²) in [6.07, 6.45) is 3.37. The summed E-state index contributed by atoms with van der Waals surface area (Å²) < 4.78 is 11.7. The summed E-state index contributed by atoms with van der Waals surface area (Å²) in [6, 6.07) is 21.1. The Hall–Kier alpha value is -4.43. The van der Waals surface area contributed by atoms with Gasteiger partial charge >= 0.3 is 0 Å². The number of nitrogen functional groups attached to an aromatic ring is 1. The highest BCUT2D eigenvalue weighted by atomic mass is 35.5. The summed E-state index contributed by atoms with van der Waals surface area (Å²) in [5.41, 5.74) is 8.75. The predicted octanol–water partition coefficient (Wildman–Crippen LogP) is 4.50. The van der Waals surface area contributed by atoms with Crippen LogP contribution < -0.4 is 20.5 Å². The van der Waals surface area contributed by atoms with E-state index in [9.17, 15) is 4.79 Å². The topological polar surface area (TPSA) is 123 Å². The standard InChI is InChI=1S/C27H24ClN5O3/c28-21-11-20(12-24(14-21)35-16-22-5-1-3-9-31-22)27(34)33-15-19-8-7-18(26(29)30)13-25(19)36-17-23-6-2-4-10-32-23/h1-14H,15-17H2,(H3,29,30)(H,33,34). The molecular weight excluding hydrogens is 478 g/mol. The molecule has 4 N–H and O–H groups in total. The van der Waals surface area contributed by atoms with Gasteiger partial charge in [-0.05, 0) is 48.5 Å². The van der Waals surface area contributed by atoms with E-state index < -0.39 is 0 Å². The summed E-state index contributed by atoms with van der Waals surface area (Å²) in [5, 5.41) is 11.0. The minimum Gasteiger partial charge on any atom is -0.487 e. The van der Waals surface area contributed by atoms with Gasteiger partial charge in [-0.1, -0.05) is 35.9 Å². The first kappa shape index (κ1) is 24.7. The number of benzene rings is 2. The van der Waals surface area contributed by atoms with Gasteiger partial charge in [0.2, 0.25) is 0 Å². The Morgan fingerprint density at radius 3 is 2.22 bits per heavy atom. The van der Waals surface area contributed by atoms with E-state index in [4.69, 9.17) is 32.2 Å². The van der Waals surface area contributed by atoms with Crippen molar-refractivity contribution in [2.24, 2.45) is 5.73 Å². The van der Waals surface area contributed by atoms with E-state index in [1.54, 1.807) is 48.8 Å². The van der Waals surface area contributed by atoms with Gasteiger partial charge in [-0.25, -0.2) is 0 Å². The van der Waals surface area contributed by atoms with Crippen LogP contribution in [0.5, 0.6) is 11.5 Å². The van der Waals surface area contributed by atoms with Crippen molar-refractivity contribution in [3.05, 3.63) is 118 Å². The van der Waals surface area contributed by atoms with Crippen LogP contribution in [0, 0.1) is 5.41 Å². The summed E-state index contributed by atoms with van der Waals surface area (Å²) in [5.74, 6) is 0.555. The molecular formula is C27H24ClN5O3. The van der Waals surface area contributed by atoms with Crippen LogP contribution >= 0.6 is 11.6 Å². The van der Waals surface area contributed by atoms with E-state index in [2.05, 4.69) is 15.3 Å². The number of hydrogen-bond acceptors (Lipinski definition) is 6. The zero-order valence-corrected chi connectivity index (χ0v) is 20.0. The minimum absolute atomic E-state index is 0.0783. The van der Waals surface area contributed by atoms with E-state index in [1.165, 1.54) is 0 Å². The van der Waals surface area contributed by atoms with E-state index >= 15 is 0 Å². The van der Waals surface area contributed by atoms with Crippen molar-refractivity contribution in [1.82, 2.24) is 15.3 Å². The molecule has 0 spiro atoms. The first-order valence-electron chi connectivity index (χ1n) is 11.1. The van der Waals surface area contributed by atoms with Gasteiger partial charge in [0, 0.05) is 40.7 Å². The number of hydrogen-bond donors (Lipinski definition) is 3. The summed E-state index contributed by atoms with van der Waals surface area (Å²) >= 11 is 6.23. The molecule has 0 aliphatic heterocycles. The lowest BCUT2D eigenvalue weighted by molar-refractivity contribution is 0.0950. The maximum atomic E-state index is 12.9. The summed E-state index contributed by atoms with van der Waals surface area (Å²) in [6.45, 7) is 0.668. The molecule has 9 heteroatoms. The molecule has 0 atom stereocenters. The van der Waals surface area contributed by atoms with Crippen LogP contribution in [-0.4, -0.2) is 21.7 Å². The van der Waals surface area contributed by atoms with Crippen molar-refractivity contribution in [2.75, 3.05) is 0 Å². The monoisotopic (exact) mass is 501 g/mol. The average molecular weight is 502 g/mol. The predicted molar refractivity (Wildman–Crippen MR) is 137 cm³/mol. The highest BCUT2D eigenvalue weighted by Gasteiger charge is 2.13. The largest absolute Gasteiger partial charge is 0.487 e. The van der Waals surface area contributed by atoms with Gasteiger partial charge in [0.25, 0.3) is 5.91 Å². The SMILES string of the molecule is N=C(N)c1ccc(CNC(=O)c2cc(Cl)cc(OCc3ccccn3)c2)c(OCc2ccccn2)c1. The Morgan fingerprint density at radius 2 is 1.58 bits per heavy atom. The fraction of sp³-hybridized carbons (Fsp3) is 0.111. The van der Waals surface area contributed by atoms with Crippen molar-refractivity contribution in [2.45, 2.75) is 19.8 Å². The summed E-state index contributed by atoms with van der Waals surface area (Å²) in [7, 11) is 0. The highest BCUT2D eigenvalue weighted by molar-refractivity contribution is 6.31. The lowest BCUT2D eigenvalue weighted by Crippen LogP contribution is -2.23. The fourth-order valence-electron chi connectivity index (χ4n) is 3.33. The molecule has 2 aromatic carbocycles. The first-order valence-corrected chi connectivity index (χ1v) is 11.5. The molecule has 36 heavy (non-hydrogen) atoms. The molecule has 0 bridgehead atoms. The molecule has 4 rings (SSSR count). The molecule has 2 heterocycles. The van der Waals surface area contributed by atoms with Gasteiger partial charge in [-0.2, -0.15) is 0 Å². The molecule has 0 aliphatic rings. The van der Waals surface area contributed by atoms with Gasteiger partial charge in [0.05, 0.1) is 11.4 Å². The van der Waals surface area contributed by atoms with Gasteiger partial charge in [-0.15, -0.1) is 0 Å². The Labute approximate surface area is 213 Å². The third-order valence-electron chi connectivity index (χ3n) is 5.17. The Kier molecular flexibility index (Phi) is 8.10. The number of nitrogens with one attached hydrogen (secondary N) is 2. The lowest BCUT2D eigenvalue weighted by atomic mass is 10.1. The average Bonchev–Trinajstić information content (AvgIpc) is 2.90. The van der Waals surface area contributed by atoms with Crippen molar-refractivity contribution in [3.8, 4) is 11.5 Å². The highest BCUT2D eigenvalue weighted by Crippen LogP contribution is 2.24. The van der Waals surface area contributed by atoms with Gasteiger partial charge in [0.15, 0.2) is 0 Å². The van der Waals surface area contributed by atoms with Crippen molar-refractivity contribution in [1.29, 1.82) is 5.41 Å². The number of carbonyl (C=O) groups is 1. The maximum Gasteiger partial charge on any atom is 0.251 e. The first-order chi connectivity index (χ1) is 17.5. The third kappa shape index (κ3) is 6.80. The molecule has 4 aromatic rings. The summed E-state index contributed by atoms with van der Waals surface area (Å²) in [4.78, 5) is 21.4. The van der Waals surface area contributed by atoms with Crippen LogP contribution in [-0.2, 0) is 19.8 Å². The second-order valence-corrected chi connectivity index (χ2v) is 8.25. The number of ether oxygens (including phenoxy) is 2.